The number of carbonyl (C=O) groups excluding carboxylic acids is 1. The number of Topliss-reactive ketones (excluding diaryl/α,β-unsaturated/α-hetero) is 1. The Labute approximate surface area is 103 Å². The maximum Gasteiger partial charge on any atom is 0.170 e. The van der Waals surface area contributed by atoms with Crippen LogP contribution < -0.4 is 4.74 Å². The van der Waals surface area contributed by atoms with Crippen LogP contribution in [0, 0.1) is 25.2 Å². The molecule has 1 saturated carbocycles. The Bertz CT molecular complexity index is 472. The number of carbonyl (C=O) groups is 1. The van der Waals surface area contributed by atoms with Gasteiger partial charge in [0, 0.05) is 5.92 Å². The van der Waals surface area contributed by atoms with E-state index in [1.54, 1.807) is 7.11 Å². The standard InChI is InChI=1S/C15H20O2/c1-9-6-10(2)13(12(7-9)17-5)14(16)11-8-15(11,3)4/h6-7,11H,8H2,1-5H3. The lowest BCUT2D eigenvalue weighted by Gasteiger charge is -2.12. The second-order valence-electron chi connectivity index (χ2n) is 5.77. The van der Waals surface area contributed by atoms with Crippen molar-refractivity contribution in [1.82, 2.24) is 0 Å². The van der Waals surface area contributed by atoms with Crippen LogP contribution in [0.15, 0.2) is 12.1 Å². The number of methoxy groups -OCH3 is 1. The Balaban J connectivity index is 2.42. The normalized spacial score (nSPS) is 21.1. The fourth-order valence-corrected chi connectivity index (χ4v) is 2.49. The van der Waals surface area contributed by atoms with Crippen molar-refractivity contribution in [2.75, 3.05) is 7.11 Å². The van der Waals surface area contributed by atoms with Gasteiger partial charge in [-0.2, -0.15) is 0 Å². The molecule has 2 nitrogen and oxygen atoms in total. The van der Waals surface area contributed by atoms with E-state index in [1.165, 1.54) is 0 Å². The lowest BCUT2D eigenvalue weighted by molar-refractivity contribution is 0.0949. The van der Waals surface area contributed by atoms with E-state index in [0.29, 0.717) is 0 Å². The van der Waals surface area contributed by atoms with Crippen LogP contribution in [0.4, 0.5) is 0 Å². The molecule has 2 rings (SSSR count). The fraction of sp³-hybridized carbons (Fsp3) is 0.533. The summed E-state index contributed by atoms with van der Waals surface area (Å²) in [6.07, 6.45) is 0.988. The third kappa shape index (κ3) is 2.08. The molecule has 0 bridgehead atoms. The van der Waals surface area contributed by atoms with Crippen molar-refractivity contribution in [2.45, 2.75) is 34.1 Å². The van der Waals surface area contributed by atoms with Crippen molar-refractivity contribution in [3.05, 3.63) is 28.8 Å². The highest BCUT2D eigenvalue weighted by Crippen LogP contribution is 2.53. The first kappa shape index (κ1) is 12.2. The molecule has 0 spiro atoms. The average molecular weight is 232 g/mol. The molecule has 0 N–H and O–H groups in total. The van der Waals surface area contributed by atoms with E-state index in [1.807, 2.05) is 26.0 Å². The minimum Gasteiger partial charge on any atom is -0.496 e. The van der Waals surface area contributed by atoms with E-state index in [2.05, 4.69) is 13.8 Å². The maximum atomic E-state index is 12.5. The Morgan fingerprint density at radius 2 is 1.94 bits per heavy atom. The smallest absolute Gasteiger partial charge is 0.170 e. The second-order valence-corrected chi connectivity index (χ2v) is 5.77. The summed E-state index contributed by atoms with van der Waals surface area (Å²) in [7, 11) is 1.63. The predicted octanol–water partition coefficient (Wildman–Crippen LogP) is 3.54. The van der Waals surface area contributed by atoms with Crippen LogP contribution in [-0.4, -0.2) is 12.9 Å². The minimum absolute atomic E-state index is 0.165. The SMILES string of the molecule is COc1cc(C)cc(C)c1C(=O)C1CC1(C)C. The first-order valence-corrected chi connectivity index (χ1v) is 6.06. The van der Waals surface area contributed by atoms with Crippen LogP contribution >= 0.6 is 0 Å². The zero-order valence-corrected chi connectivity index (χ0v) is 11.3. The number of hydrogen-bond donors (Lipinski definition) is 0. The van der Waals surface area contributed by atoms with Crippen molar-refractivity contribution in [2.24, 2.45) is 11.3 Å². The molecule has 0 amide bonds. The molecule has 92 valence electrons. The van der Waals surface area contributed by atoms with Gasteiger partial charge >= 0.3 is 0 Å². The van der Waals surface area contributed by atoms with Crippen molar-refractivity contribution >= 4 is 5.78 Å². The molecule has 1 atom stereocenters. The highest BCUT2D eigenvalue weighted by atomic mass is 16.5. The van der Waals surface area contributed by atoms with E-state index >= 15 is 0 Å². The summed E-state index contributed by atoms with van der Waals surface area (Å²) in [4.78, 5) is 12.5. The molecule has 0 aromatic heterocycles. The van der Waals surface area contributed by atoms with Gasteiger partial charge < -0.3 is 4.74 Å². The van der Waals surface area contributed by atoms with Gasteiger partial charge in [0.15, 0.2) is 5.78 Å². The van der Waals surface area contributed by atoms with E-state index < -0.39 is 0 Å². The summed E-state index contributed by atoms with van der Waals surface area (Å²) in [5.74, 6) is 1.12. The van der Waals surface area contributed by atoms with Crippen LogP contribution in [0.1, 0.15) is 41.8 Å². The largest absolute Gasteiger partial charge is 0.496 e. The molecule has 17 heavy (non-hydrogen) atoms. The zero-order chi connectivity index (χ0) is 12.8. The van der Waals surface area contributed by atoms with Crippen LogP contribution in [0.3, 0.4) is 0 Å². The quantitative estimate of drug-likeness (QED) is 0.745. The minimum atomic E-state index is 0.165. The van der Waals surface area contributed by atoms with E-state index in [-0.39, 0.29) is 17.1 Å². The van der Waals surface area contributed by atoms with Crippen molar-refractivity contribution in [3.8, 4) is 5.75 Å². The maximum absolute atomic E-state index is 12.5. The molecule has 1 unspecified atom stereocenters. The molecular formula is C15H20O2. The third-order valence-corrected chi connectivity index (χ3v) is 3.74. The fourth-order valence-electron chi connectivity index (χ4n) is 2.49. The molecular weight excluding hydrogens is 212 g/mol. The van der Waals surface area contributed by atoms with Gasteiger partial charge in [0.1, 0.15) is 5.75 Å². The molecule has 0 aliphatic heterocycles. The Morgan fingerprint density at radius 1 is 1.35 bits per heavy atom. The second kappa shape index (κ2) is 3.86. The topological polar surface area (TPSA) is 26.3 Å². The number of ether oxygens (including phenoxy) is 1. The molecule has 2 heteroatoms. The van der Waals surface area contributed by atoms with Gasteiger partial charge in [0.05, 0.1) is 12.7 Å². The summed E-state index contributed by atoms with van der Waals surface area (Å²) in [6, 6.07) is 3.99. The number of ketones is 1. The predicted molar refractivity (Wildman–Crippen MR) is 68.7 cm³/mol. The number of aryl methyl sites for hydroxylation is 2. The Hall–Kier alpha value is -1.31. The molecule has 1 aliphatic carbocycles. The highest BCUT2D eigenvalue weighted by Gasteiger charge is 2.51. The van der Waals surface area contributed by atoms with Crippen LogP contribution in [-0.2, 0) is 0 Å². The summed E-state index contributed by atoms with van der Waals surface area (Å²) in [5, 5.41) is 0. The Kier molecular flexibility index (Phi) is 2.76. The molecule has 0 radical (unpaired) electrons. The van der Waals surface area contributed by atoms with E-state index in [9.17, 15) is 4.79 Å². The van der Waals surface area contributed by atoms with Crippen molar-refractivity contribution < 1.29 is 9.53 Å². The average Bonchev–Trinajstić information content (AvgIpc) is 2.85. The number of hydrogen-bond acceptors (Lipinski definition) is 2. The number of benzene rings is 1. The van der Waals surface area contributed by atoms with Crippen LogP contribution in [0.25, 0.3) is 0 Å². The Morgan fingerprint density at radius 3 is 2.41 bits per heavy atom. The van der Waals surface area contributed by atoms with Gasteiger partial charge in [-0.25, -0.2) is 0 Å². The number of rotatable bonds is 3. The van der Waals surface area contributed by atoms with Crippen molar-refractivity contribution in [3.63, 3.8) is 0 Å². The lowest BCUT2D eigenvalue weighted by atomic mass is 9.95. The summed E-state index contributed by atoms with van der Waals surface area (Å²) < 4.78 is 5.35. The van der Waals surface area contributed by atoms with Gasteiger partial charge in [0.2, 0.25) is 0 Å². The lowest BCUT2D eigenvalue weighted by Crippen LogP contribution is -2.10. The van der Waals surface area contributed by atoms with Gasteiger partial charge in [-0.15, -0.1) is 0 Å². The molecule has 1 aromatic rings. The molecule has 1 aromatic carbocycles. The van der Waals surface area contributed by atoms with Gasteiger partial charge in [0.25, 0.3) is 0 Å². The van der Waals surface area contributed by atoms with Crippen LogP contribution in [0.2, 0.25) is 0 Å². The van der Waals surface area contributed by atoms with E-state index in [4.69, 9.17) is 4.74 Å². The summed E-state index contributed by atoms with van der Waals surface area (Å²) in [5.41, 5.74) is 3.09. The highest BCUT2D eigenvalue weighted by molar-refractivity contribution is 6.03. The first-order valence-electron chi connectivity index (χ1n) is 6.06. The summed E-state index contributed by atoms with van der Waals surface area (Å²) in [6.45, 7) is 8.29. The molecule has 1 fully saturated rings. The van der Waals surface area contributed by atoms with Gasteiger partial charge in [-0.1, -0.05) is 19.9 Å². The zero-order valence-electron chi connectivity index (χ0n) is 11.3. The van der Waals surface area contributed by atoms with Gasteiger partial charge in [-0.05, 0) is 42.9 Å². The first-order chi connectivity index (χ1) is 7.86. The van der Waals surface area contributed by atoms with Crippen LogP contribution in [0.5, 0.6) is 5.75 Å². The van der Waals surface area contributed by atoms with Crippen molar-refractivity contribution in [1.29, 1.82) is 0 Å². The molecule has 1 aliphatic rings. The molecule has 0 saturated heterocycles. The van der Waals surface area contributed by atoms with E-state index in [0.717, 1.165) is 28.9 Å². The third-order valence-electron chi connectivity index (χ3n) is 3.74. The molecule has 0 heterocycles. The summed E-state index contributed by atoms with van der Waals surface area (Å²) >= 11 is 0. The monoisotopic (exact) mass is 232 g/mol. The van der Waals surface area contributed by atoms with Gasteiger partial charge in [-0.3, -0.25) is 4.79 Å².